The summed E-state index contributed by atoms with van der Waals surface area (Å²) >= 11 is 0. The summed E-state index contributed by atoms with van der Waals surface area (Å²) in [6.45, 7) is 1.79. The summed E-state index contributed by atoms with van der Waals surface area (Å²) in [5.41, 5.74) is 0.0401. The van der Waals surface area contributed by atoms with Crippen LogP contribution in [-0.4, -0.2) is 50.0 Å². The Balaban J connectivity index is 1.86. The minimum Gasteiger partial charge on any atom is -0.452 e. The van der Waals surface area contributed by atoms with E-state index in [-0.39, 0.29) is 18.8 Å². The molecular weight excluding hydrogens is 370 g/mol. The zero-order valence-corrected chi connectivity index (χ0v) is 15.2. The summed E-state index contributed by atoms with van der Waals surface area (Å²) in [6, 6.07) is 2.88. The molecule has 0 spiro atoms. The molecule has 0 unspecified atom stereocenters. The van der Waals surface area contributed by atoms with Crippen LogP contribution in [0.15, 0.2) is 18.2 Å². The average molecular weight is 390 g/mol. The molecule has 26 heavy (non-hydrogen) atoms. The number of hydrogen-bond donors (Lipinski definition) is 1. The predicted octanol–water partition coefficient (Wildman–Crippen LogP) is 1.51. The van der Waals surface area contributed by atoms with E-state index in [0.29, 0.717) is 12.8 Å². The summed E-state index contributed by atoms with van der Waals surface area (Å²) in [7, 11) is -3.29. The number of nitrogens with one attached hydrogen (secondary N) is 1. The first-order chi connectivity index (χ1) is 12.1. The monoisotopic (exact) mass is 390 g/mol. The van der Waals surface area contributed by atoms with Gasteiger partial charge < -0.3 is 10.1 Å². The van der Waals surface area contributed by atoms with Gasteiger partial charge in [0.2, 0.25) is 10.0 Å². The highest BCUT2D eigenvalue weighted by Gasteiger charge is 2.31. The molecule has 1 aromatic carbocycles. The molecule has 0 radical (unpaired) electrons. The number of halogens is 2. The van der Waals surface area contributed by atoms with E-state index in [1.165, 1.54) is 17.3 Å². The van der Waals surface area contributed by atoms with Crippen LogP contribution in [-0.2, 0) is 24.3 Å². The van der Waals surface area contributed by atoms with Crippen LogP contribution in [0.4, 0.5) is 14.5 Å². The molecule has 1 N–H and O–H groups in total. The number of anilines is 1. The van der Waals surface area contributed by atoms with Crippen molar-refractivity contribution >= 4 is 27.6 Å². The maximum atomic E-state index is 13.1. The maximum absolute atomic E-state index is 13.1. The number of ether oxygens (including phenoxy) is 1. The van der Waals surface area contributed by atoms with E-state index in [2.05, 4.69) is 5.32 Å². The fraction of sp³-hybridized carbons (Fsp3) is 0.500. The van der Waals surface area contributed by atoms with Gasteiger partial charge in [0, 0.05) is 24.8 Å². The van der Waals surface area contributed by atoms with Gasteiger partial charge in [0.05, 0.1) is 12.2 Å². The standard InChI is InChI=1S/C16H20F2N2O5S/c1-10(15(21)19-12-3-4-13(17)14(18)9-12)25-16(22)11-5-7-20(8-6-11)26(2,23)24/h3-4,9-11H,5-8H2,1-2H3,(H,19,21)/t10-/m0/s1. The molecule has 1 aromatic rings. The number of nitrogens with zero attached hydrogens (tertiary/aromatic N) is 1. The molecule has 1 heterocycles. The third-order valence-corrected chi connectivity index (χ3v) is 5.41. The topological polar surface area (TPSA) is 92.8 Å². The number of esters is 1. The first-order valence-electron chi connectivity index (χ1n) is 7.99. The first-order valence-corrected chi connectivity index (χ1v) is 9.84. The van der Waals surface area contributed by atoms with E-state index in [1.807, 2.05) is 0 Å². The molecule has 1 aliphatic heterocycles. The number of hydrogen-bond acceptors (Lipinski definition) is 5. The molecule has 0 aliphatic carbocycles. The van der Waals surface area contributed by atoms with E-state index >= 15 is 0 Å². The summed E-state index contributed by atoms with van der Waals surface area (Å²) in [4.78, 5) is 24.2. The normalized spacial score (nSPS) is 17.5. The fourth-order valence-corrected chi connectivity index (χ4v) is 3.44. The van der Waals surface area contributed by atoms with Crippen LogP contribution in [0.2, 0.25) is 0 Å². The zero-order valence-electron chi connectivity index (χ0n) is 14.4. The highest BCUT2D eigenvalue weighted by molar-refractivity contribution is 7.88. The smallest absolute Gasteiger partial charge is 0.309 e. The van der Waals surface area contributed by atoms with Crippen LogP contribution >= 0.6 is 0 Å². The molecule has 1 saturated heterocycles. The lowest BCUT2D eigenvalue weighted by Crippen LogP contribution is -2.41. The van der Waals surface area contributed by atoms with Crippen molar-refractivity contribution in [3.8, 4) is 0 Å². The molecule has 1 atom stereocenters. The van der Waals surface area contributed by atoms with Crippen molar-refractivity contribution < 1.29 is 31.5 Å². The summed E-state index contributed by atoms with van der Waals surface area (Å²) in [5.74, 6) is -3.91. The Morgan fingerprint density at radius 3 is 2.38 bits per heavy atom. The maximum Gasteiger partial charge on any atom is 0.309 e. The van der Waals surface area contributed by atoms with E-state index in [4.69, 9.17) is 4.74 Å². The van der Waals surface area contributed by atoms with Gasteiger partial charge in [-0.25, -0.2) is 21.5 Å². The van der Waals surface area contributed by atoms with Crippen LogP contribution < -0.4 is 5.32 Å². The van der Waals surface area contributed by atoms with Crippen molar-refractivity contribution in [2.45, 2.75) is 25.9 Å². The lowest BCUT2D eigenvalue weighted by atomic mass is 9.98. The summed E-state index contributed by atoms with van der Waals surface area (Å²) in [5, 5.41) is 2.33. The Labute approximate surface area is 150 Å². The number of sulfonamides is 1. The lowest BCUT2D eigenvalue weighted by molar-refractivity contribution is -0.158. The van der Waals surface area contributed by atoms with Gasteiger partial charge in [-0.3, -0.25) is 9.59 Å². The third-order valence-electron chi connectivity index (χ3n) is 4.11. The van der Waals surface area contributed by atoms with Gasteiger partial charge in [-0.05, 0) is 31.9 Å². The highest BCUT2D eigenvalue weighted by atomic mass is 32.2. The molecule has 1 aliphatic rings. The highest BCUT2D eigenvalue weighted by Crippen LogP contribution is 2.21. The predicted molar refractivity (Wildman–Crippen MR) is 89.7 cm³/mol. The van der Waals surface area contributed by atoms with Gasteiger partial charge >= 0.3 is 5.97 Å². The van der Waals surface area contributed by atoms with Crippen molar-refractivity contribution in [2.24, 2.45) is 5.92 Å². The van der Waals surface area contributed by atoms with Crippen molar-refractivity contribution in [3.05, 3.63) is 29.8 Å². The van der Waals surface area contributed by atoms with Crippen LogP contribution in [0, 0.1) is 17.6 Å². The SMILES string of the molecule is C[C@H](OC(=O)C1CCN(S(C)(=O)=O)CC1)C(=O)Nc1ccc(F)c(F)c1. The van der Waals surface area contributed by atoms with Gasteiger partial charge in [0.25, 0.3) is 5.91 Å². The number of carbonyl (C=O) groups excluding carboxylic acids is 2. The van der Waals surface area contributed by atoms with Crippen molar-refractivity contribution in [2.75, 3.05) is 24.7 Å². The largest absolute Gasteiger partial charge is 0.452 e. The van der Waals surface area contributed by atoms with Crippen LogP contribution in [0.25, 0.3) is 0 Å². The zero-order chi connectivity index (χ0) is 19.5. The summed E-state index contributed by atoms with van der Waals surface area (Å²) in [6.07, 6.45) is 0.590. The Morgan fingerprint density at radius 1 is 1.23 bits per heavy atom. The molecule has 0 bridgehead atoms. The van der Waals surface area contributed by atoms with Gasteiger partial charge in [-0.1, -0.05) is 0 Å². The van der Waals surface area contributed by atoms with E-state index in [0.717, 1.165) is 18.4 Å². The first kappa shape index (κ1) is 20.2. The van der Waals surface area contributed by atoms with Gasteiger partial charge in [-0.2, -0.15) is 0 Å². The summed E-state index contributed by atoms with van der Waals surface area (Å²) < 4.78 is 55.3. The van der Waals surface area contributed by atoms with Crippen LogP contribution in [0.5, 0.6) is 0 Å². The fourth-order valence-electron chi connectivity index (χ4n) is 2.56. The number of piperidine rings is 1. The lowest BCUT2D eigenvalue weighted by Gasteiger charge is -2.29. The van der Waals surface area contributed by atoms with Gasteiger partial charge in [0.1, 0.15) is 0 Å². The Kier molecular flexibility index (Phi) is 6.30. The third kappa shape index (κ3) is 5.21. The van der Waals surface area contributed by atoms with E-state index in [9.17, 15) is 26.8 Å². The van der Waals surface area contributed by atoms with Crippen LogP contribution in [0.1, 0.15) is 19.8 Å². The number of rotatable bonds is 5. The van der Waals surface area contributed by atoms with Crippen LogP contribution in [0.3, 0.4) is 0 Å². The number of carbonyl (C=O) groups is 2. The molecule has 1 amide bonds. The van der Waals surface area contributed by atoms with Crippen molar-refractivity contribution in [1.82, 2.24) is 4.31 Å². The second-order valence-corrected chi connectivity index (χ2v) is 8.12. The molecular formula is C16H20F2N2O5S. The van der Waals surface area contributed by atoms with Crippen molar-refractivity contribution in [3.63, 3.8) is 0 Å². The molecule has 7 nitrogen and oxygen atoms in total. The van der Waals surface area contributed by atoms with E-state index < -0.39 is 45.6 Å². The molecule has 2 rings (SSSR count). The number of benzene rings is 1. The van der Waals surface area contributed by atoms with Crippen molar-refractivity contribution in [1.29, 1.82) is 0 Å². The second kappa shape index (κ2) is 8.09. The molecule has 1 fully saturated rings. The Hall–Kier alpha value is -2.07. The molecule has 0 saturated carbocycles. The minimum absolute atomic E-state index is 0.0401. The quantitative estimate of drug-likeness (QED) is 0.770. The minimum atomic E-state index is -3.29. The van der Waals surface area contributed by atoms with E-state index in [1.54, 1.807) is 0 Å². The Bertz CT molecular complexity index is 792. The Morgan fingerprint density at radius 2 is 1.85 bits per heavy atom. The average Bonchev–Trinajstić information content (AvgIpc) is 2.57. The number of amides is 1. The molecule has 144 valence electrons. The molecule has 0 aromatic heterocycles. The van der Waals surface area contributed by atoms with Gasteiger partial charge in [0.15, 0.2) is 17.7 Å². The second-order valence-electron chi connectivity index (χ2n) is 6.13. The van der Waals surface area contributed by atoms with Gasteiger partial charge in [-0.15, -0.1) is 0 Å². The molecule has 10 heteroatoms.